The van der Waals surface area contributed by atoms with Crippen LogP contribution in [0.4, 0.5) is 0 Å². The Morgan fingerprint density at radius 1 is 1.28 bits per heavy atom. The highest BCUT2D eigenvalue weighted by Gasteiger charge is 2.33. The zero-order valence-corrected chi connectivity index (χ0v) is 18.7. The standard InChI is InChI=1S/C23H30N6O3/c1-15-5-3-9-28(13-15)21(22-25-26-27-29(22)14-18-6-4-10-32-18)19-11-16-7-8-17(31-2)12-20(16)24-23(19)30/h7-8,11-12,15,18,21H,3-6,9-10,13-14H2,1-2H3,(H,24,30). The zero-order chi connectivity index (χ0) is 22.1. The number of H-pyrrole nitrogens is 1. The molecule has 2 aliphatic rings. The molecule has 3 unspecified atom stereocenters. The highest BCUT2D eigenvalue weighted by atomic mass is 16.5. The minimum Gasteiger partial charge on any atom is -0.497 e. The molecule has 3 aromatic rings. The van der Waals surface area contributed by atoms with Gasteiger partial charge in [0.1, 0.15) is 11.8 Å². The Morgan fingerprint density at radius 3 is 2.97 bits per heavy atom. The second-order valence-corrected chi connectivity index (χ2v) is 9.01. The molecule has 32 heavy (non-hydrogen) atoms. The number of ether oxygens (including phenoxy) is 2. The number of aromatic nitrogens is 5. The van der Waals surface area contributed by atoms with Gasteiger partial charge in [-0.25, -0.2) is 4.68 Å². The lowest BCUT2D eigenvalue weighted by molar-refractivity contribution is 0.0889. The molecule has 2 aromatic heterocycles. The van der Waals surface area contributed by atoms with E-state index in [4.69, 9.17) is 9.47 Å². The Labute approximate surface area is 186 Å². The van der Waals surface area contributed by atoms with Gasteiger partial charge in [-0.15, -0.1) is 5.10 Å². The first-order valence-electron chi connectivity index (χ1n) is 11.4. The molecule has 4 heterocycles. The first kappa shape index (κ1) is 21.1. The van der Waals surface area contributed by atoms with Gasteiger partial charge in [0.25, 0.3) is 5.56 Å². The maximum Gasteiger partial charge on any atom is 0.253 e. The van der Waals surface area contributed by atoms with Crippen LogP contribution in [-0.2, 0) is 11.3 Å². The van der Waals surface area contributed by atoms with E-state index in [1.165, 1.54) is 6.42 Å². The molecule has 0 radical (unpaired) electrons. The molecule has 0 aliphatic carbocycles. The number of hydrogen-bond acceptors (Lipinski definition) is 7. The van der Waals surface area contributed by atoms with Crippen molar-refractivity contribution in [2.75, 3.05) is 26.8 Å². The summed E-state index contributed by atoms with van der Waals surface area (Å²) >= 11 is 0. The average molecular weight is 439 g/mol. The molecule has 2 saturated heterocycles. The summed E-state index contributed by atoms with van der Waals surface area (Å²) in [5.41, 5.74) is 1.30. The van der Waals surface area contributed by atoms with Gasteiger partial charge in [-0.1, -0.05) is 6.92 Å². The predicted molar refractivity (Wildman–Crippen MR) is 120 cm³/mol. The summed E-state index contributed by atoms with van der Waals surface area (Å²) in [6.45, 7) is 5.45. The molecule has 0 bridgehead atoms. The molecule has 5 rings (SSSR count). The fraction of sp³-hybridized carbons (Fsp3) is 0.565. The third-order valence-electron chi connectivity index (χ3n) is 6.63. The number of nitrogens with zero attached hydrogens (tertiary/aromatic N) is 5. The number of likely N-dealkylation sites (tertiary alicyclic amines) is 1. The Kier molecular flexibility index (Phi) is 5.93. The molecular weight excluding hydrogens is 408 g/mol. The van der Waals surface area contributed by atoms with Crippen LogP contribution >= 0.6 is 0 Å². The first-order valence-corrected chi connectivity index (χ1v) is 11.4. The monoisotopic (exact) mass is 438 g/mol. The molecule has 9 nitrogen and oxygen atoms in total. The number of hydrogen-bond donors (Lipinski definition) is 1. The largest absolute Gasteiger partial charge is 0.497 e. The Balaban J connectivity index is 1.59. The second kappa shape index (κ2) is 8.99. The number of pyridine rings is 1. The minimum absolute atomic E-state index is 0.112. The van der Waals surface area contributed by atoms with Gasteiger partial charge in [-0.05, 0) is 72.2 Å². The Morgan fingerprint density at radius 2 is 2.19 bits per heavy atom. The Bertz CT molecular complexity index is 1140. The van der Waals surface area contributed by atoms with Crippen LogP contribution in [0.5, 0.6) is 5.75 Å². The van der Waals surface area contributed by atoms with Crippen LogP contribution < -0.4 is 10.3 Å². The zero-order valence-electron chi connectivity index (χ0n) is 18.7. The first-order chi connectivity index (χ1) is 15.6. The number of benzene rings is 1. The van der Waals surface area contributed by atoms with E-state index in [-0.39, 0.29) is 17.7 Å². The van der Waals surface area contributed by atoms with Gasteiger partial charge < -0.3 is 14.5 Å². The smallest absolute Gasteiger partial charge is 0.253 e. The summed E-state index contributed by atoms with van der Waals surface area (Å²) < 4.78 is 13.0. The second-order valence-electron chi connectivity index (χ2n) is 9.01. The number of aromatic amines is 1. The molecule has 0 spiro atoms. The Hall–Kier alpha value is -2.78. The van der Waals surface area contributed by atoms with Gasteiger partial charge in [0, 0.05) is 24.8 Å². The summed E-state index contributed by atoms with van der Waals surface area (Å²) in [6.07, 6.45) is 4.46. The van der Waals surface area contributed by atoms with E-state index in [0.717, 1.165) is 49.9 Å². The highest BCUT2D eigenvalue weighted by Crippen LogP contribution is 2.31. The highest BCUT2D eigenvalue weighted by molar-refractivity contribution is 5.80. The van der Waals surface area contributed by atoms with E-state index in [9.17, 15) is 4.79 Å². The van der Waals surface area contributed by atoms with E-state index in [2.05, 4.69) is 32.3 Å². The molecule has 0 saturated carbocycles. The summed E-state index contributed by atoms with van der Waals surface area (Å²) in [4.78, 5) is 18.7. The third-order valence-corrected chi connectivity index (χ3v) is 6.63. The molecule has 1 N–H and O–H groups in total. The number of fused-ring (bicyclic) bond motifs is 1. The third kappa shape index (κ3) is 4.14. The van der Waals surface area contributed by atoms with Crippen molar-refractivity contribution >= 4 is 10.9 Å². The van der Waals surface area contributed by atoms with Crippen molar-refractivity contribution in [3.8, 4) is 5.75 Å². The van der Waals surface area contributed by atoms with Crippen molar-refractivity contribution in [3.63, 3.8) is 0 Å². The van der Waals surface area contributed by atoms with Crippen molar-refractivity contribution in [2.24, 2.45) is 5.92 Å². The molecule has 170 valence electrons. The lowest BCUT2D eigenvalue weighted by Crippen LogP contribution is -2.41. The van der Waals surface area contributed by atoms with Crippen LogP contribution in [0.15, 0.2) is 29.1 Å². The van der Waals surface area contributed by atoms with Crippen molar-refractivity contribution in [1.29, 1.82) is 0 Å². The minimum atomic E-state index is -0.315. The molecule has 2 fully saturated rings. The van der Waals surface area contributed by atoms with Crippen LogP contribution in [0.25, 0.3) is 10.9 Å². The number of rotatable bonds is 6. The summed E-state index contributed by atoms with van der Waals surface area (Å²) in [5, 5.41) is 13.6. The van der Waals surface area contributed by atoms with Crippen LogP contribution in [0.3, 0.4) is 0 Å². The SMILES string of the molecule is COc1ccc2cc(C(c3nnnn3CC3CCCO3)N3CCCC(C)C3)c(=O)[nH]c2c1. The topological polar surface area (TPSA) is 98.2 Å². The fourth-order valence-electron chi connectivity index (χ4n) is 5.01. The van der Waals surface area contributed by atoms with Crippen LogP contribution in [-0.4, -0.2) is 63.0 Å². The van der Waals surface area contributed by atoms with E-state index in [1.807, 2.05) is 28.9 Å². The predicted octanol–water partition coefficient (Wildman–Crippen LogP) is 2.52. The molecule has 2 aliphatic heterocycles. The maximum absolute atomic E-state index is 13.3. The number of nitrogens with one attached hydrogen (secondary N) is 1. The number of methoxy groups -OCH3 is 1. The van der Waals surface area contributed by atoms with Gasteiger partial charge in [0.05, 0.1) is 25.3 Å². The van der Waals surface area contributed by atoms with Crippen molar-refractivity contribution < 1.29 is 9.47 Å². The van der Waals surface area contributed by atoms with Crippen LogP contribution in [0, 0.1) is 5.92 Å². The van der Waals surface area contributed by atoms with E-state index in [1.54, 1.807) is 7.11 Å². The quantitative estimate of drug-likeness (QED) is 0.631. The number of piperidine rings is 1. The molecule has 3 atom stereocenters. The van der Waals surface area contributed by atoms with Gasteiger partial charge >= 0.3 is 0 Å². The number of tetrazole rings is 1. The average Bonchev–Trinajstić information content (AvgIpc) is 3.47. The maximum atomic E-state index is 13.3. The molecular formula is C23H30N6O3. The van der Waals surface area contributed by atoms with Gasteiger partial charge in [0.15, 0.2) is 5.82 Å². The van der Waals surface area contributed by atoms with Crippen LogP contribution in [0.2, 0.25) is 0 Å². The lowest BCUT2D eigenvalue weighted by Gasteiger charge is -2.36. The van der Waals surface area contributed by atoms with Gasteiger partial charge in [-0.2, -0.15) is 0 Å². The van der Waals surface area contributed by atoms with E-state index >= 15 is 0 Å². The summed E-state index contributed by atoms with van der Waals surface area (Å²) in [5.74, 6) is 1.97. The fourth-order valence-corrected chi connectivity index (χ4v) is 5.01. The van der Waals surface area contributed by atoms with Crippen molar-refractivity contribution in [1.82, 2.24) is 30.1 Å². The van der Waals surface area contributed by atoms with Crippen molar-refractivity contribution in [2.45, 2.75) is 51.3 Å². The normalized spacial score (nSPS) is 22.9. The van der Waals surface area contributed by atoms with Crippen LogP contribution in [0.1, 0.15) is 50.0 Å². The molecule has 0 amide bonds. The molecule has 1 aromatic carbocycles. The van der Waals surface area contributed by atoms with Gasteiger partial charge in [-0.3, -0.25) is 9.69 Å². The van der Waals surface area contributed by atoms with Gasteiger partial charge in [0.2, 0.25) is 0 Å². The summed E-state index contributed by atoms with van der Waals surface area (Å²) in [6, 6.07) is 7.38. The van der Waals surface area contributed by atoms with E-state index < -0.39 is 0 Å². The van der Waals surface area contributed by atoms with E-state index in [0.29, 0.717) is 29.6 Å². The van der Waals surface area contributed by atoms with Crippen molar-refractivity contribution in [3.05, 3.63) is 46.0 Å². The summed E-state index contributed by atoms with van der Waals surface area (Å²) in [7, 11) is 1.62. The lowest BCUT2D eigenvalue weighted by atomic mass is 9.95. The molecule has 9 heteroatoms.